The van der Waals surface area contributed by atoms with Gasteiger partial charge < -0.3 is 5.73 Å². The minimum atomic E-state index is -4.51. The lowest BCUT2D eigenvalue weighted by Gasteiger charge is -2.07. The summed E-state index contributed by atoms with van der Waals surface area (Å²) in [5.41, 5.74) is 4.51. The number of aromatic nitrogens is 3. The van der Waals surface area contributed by atoms with Crippen LogP contribution >= 0.6 is 12.2 Å². The second-order valence-electron chi connectivity index (χ2n) is 3.15. The van der Waals surface area contributed by atoms with Gasteiger partial charge in [-0.25, -0.2) is 15.0 Å². The number of hydrogen-bond donors (Lipinski definition) is 1. The van der Waals surface area contributed by atoms with Crippen LogP contribution in [0.4, 0.5) is 13.2 Å². The summed E-state index contributed by atoms with van der Waals surface area (Å²) in [6.07, 6.45) is -3.44. The van der Waals surface area contributed by atoms with Gasteiger partial charge in [-0.3, -0.25) is 0 Å². The maximum Gasteiger partial charge on any atom is 0.433 e. The van der Waals surface area contributed by atoms with Crippen molar-refractivity contribution in [2.75, 3.05) is 0 Å². The maximum atomic E-state index is 12.4. The highest BCUT2D eigenvalue weighted by molar-refractivity contribution is 7.80. The first-order valence-electron chi connectivity index (χ1n) is 4.38. The van der Waals surface area contributed by atoms with Gasteiger partial charge in [0.15, 0.2) is 5.65 Å². The SMILES string of the molecule is NC(=S)c1ncnc2nc(C(F)(F)F)ccc12. The van der Waals surface area contributed by atoms with E-state index in [1.165, 1.54) is 6.07 Å². The van der Waals surface area contributed by atoms with E-state index in [0.29, 0.717) is 5.39 Å². The molecule has 2 N–H and O–H groups in total. The molecule has 0 aliphatic carbocycles. The van der Waals surface area contributed by atoms with Gasteiger partial charge in [-0.15, -0.1) is 0 Å². The molecule has 4 nitrogen and oxygen atoms in total. The van der Waals surface area contributed by atoms with Gasteiger partial charge in [0.25, 0.3) is 0 Å². The zero-order valence-electron chi connectivity index (χ0n) is 8.19. The lowest BCUT2D eigenvalue weighted by atomic mass is 10.2. The number of hydrogen-bond acceptors (Lipinski definition) is 4. The fraction of sp³-hybridized carbons (Fsp3) is 0.111. The summed E-state index contributed by atoms with van der Waals surface area (Å²) in [6.45, 7) is 0. The molecule has 0 spiro atoms. The largest absolute Gasteiger partial charge is 0.433 e. The first-order chi connectivity index (χ1) is 7.89. The van der Waals surface area contributed by atoms with Gasteiger partial charge in [0.1, 0.15) is 22.7 Å². The van der Waals surface area contributed by atoms with E-state index >= 15 is 0 Å². The fourth-order valence-corrected chi connectivity index (χ4v) is 1.46. The molecular formula is C9H5F3N4S. The molecule has 0 fully saturated rings. The highest BCUT2D eigenvalue weighted by atomic mass is 32.1. The van der Waals surface area contributed by atoms with Crippen molar-refractivity contribution in [2.45, 2.75) is 6.18 Å². The Morgan fingerprint density at radius 2 is 1.94 bits per heavy atom. The third kappa shape index (κ3) is 2.16. The average molecular weight is 258 g/mol. The quantitative estimate of drug-likeness (QED) is 0.788. The smallest absolute Gasteiger partial charge is 0.388 e. The Hall–Kier alpha value is -1.83. The zero-order chi connectivity index (χ0) is 12.6. The van der Waals surface area contributed by atoms with Crippen LogP contribution in [0.2, 0.25) is 0 Å². The Bertz CT molecular complexity index is 596. The third-order valence-corrected chi connectivity index (χ3v) is 2.21. The Morgan fingerprint density at radius 3 is 2.53 bits per heavy atom. The van der Waals surface area contributed by atoms with Crippen LogP contribution in [-0.2, 0) is 6.18 Å². The lowest BCUT2D eigenvalue weighted by molar-refractivity contribution is -0.141. The van der Waals surface area contributed by atoms with E-state index in [1.807, 2.05) is 0 Å². The zero-order valence-corrected chi connectivity index (χ0v) is 9.01. The number of pyridine rings is 1. The highest BCUT2D eigenvalue weighted by Crippen LogP contribution is 2.28. The summed E-state index contributed by atoms with van der Waals surface area (Å²) in [5, 5.41) is 0.299. The van der Waals surface area contributed by atoms with Crippen molar-refractivity contribution in [1.82, 2.24) is 15.0 Å². The predicted molar refractivity (Wildman–Crippen MR) is 58.2 cm³/mol. The van der Waals surface area contributed by atoms with Crippen LogP contribution in [0.5, 0.6) is 0 Å². The molecular weight excluding hydrogens is 253 g/mol. The van der Waals surface area contributed by atoms with Crippen LogP contribution in [0.25, 0.3) is 11.0 Å². The number of fused-ring (bicyclic) bond motifs is 1. The monoisotopic (exact) mass is 258 g/mol. The molecule has 17 heavy (non-hydrogen) atoms. The Labute approximate surface area is 98.7 Å². The first-order valence-corrected chi connectivity index (χ1v) is 4.79. The number of halogens is 3. The topological polar surface area (TPSA) is 64.7 Å². The molecule has 2 rings (SSSR count). The minimum Gasteiger partial charge on any atom is -0.388 e. The second kappa shape index (κ2) is 3.88. The fourth-order valence-electron chi connectivity index (χ4n) is 1.30. The predicted octanol–water partition coefficient (Wildman–Crippen LogP) is 1.68. The lowest BCUT2D eigenvalue weighted by Crippen LogP contribution is -2.14. The summed E-state index contributed by atoms with van der Waals surface area (Å²) >= 11 is 4.73. The molecule has 0 saturated heterocycles. The Morgan fingerprint density at radius 1 is 1.24 bits per heavy atom. The summed E-state index contributed by atoms with van der Waals surface area (Å²) in [4.78, 5) is 10.8. The van der Waals surface area contributed by atoms with Crippen molar-refractivity contribution < 1.29 is 13.2 Å². The normalized spacial score (nSPS) is 11.7. The highest BCUT2D eigenvalue weighted by Gasteiger charge is 2.32. The van der Waals surface area contributed by atoms with Crippen LogP contribution in [0.15, 0.2) is 18.5 Å². The van der Waals surface area contributed by atoms with Gasteiger partial charge in [-0.1, -0.05) is 12.2 Å². The van der Waals surface area contributed by atoms with Crippen LogP contribution in [-0.4, -0.2) is 19.9 Å². The van der Waals surface area contributed by atoms with Crippen LogP contribution in [0.3, 0.4) is 0 Å². The molecule has 0 saturated carbocycles. The van der Waals surface area contributed by atoms with Gasteiger partial charge >= 0.3 is 6.18 Å². The van der Waals surface area contributed by atoms with Gasteiger partial charge in [0, 0.05) is 5.39 Å². The van der Waals surface area contributed by atoms with E-state index in [2.05, 4.69) is 15.0 Å². The third-order valence-electron chi connectivity index (χ3n) is 2.02. The van der Waals surface area contributed by atoms with E-state index < -0.39 is 11.9 Å². The van der Waals surface area contributed by atoms with Crippen LogP contribution in [0.1, 0.15) is 11.4 Å². The van der Waals surface area contributed by atoms with Gasteiger partial charge in [0.2, 0.25) is 0 Å². The average Bonchev–Trinajstić information content (AvgIpc) is 2.26. The number of rotatable bonds is 1. The van der Waals surface area contributed by atoms with Crippen molar-refractivity contribution in [1.29, 1.82) is 0 Å². The first kappa shape index (κ1) is 11.6. The summed E-state index contributed by atoms with van der Waals surface area (Å²) in [6, 6.07) is 2.05. The number of nitrogens with two attached hydrogens (primary N) is 1. The molecule has 8 heteroatoms. The molecule has 0 radical (unpaired) electrons. The molecule has 2 aromatic rings. The molecule has 2 aromatic heterocycles. The van der Waals surface area contributed by atoms with Crippen molar-refractivity contribution in [2.24, 2.45) is 5.73 Å². The molecule has 0 amide bonds. The van der Waals surface area contributed by atoms with Crippen LogP contribution < -0.4 is 5.73 Å². The van der Waals surface area contributed by atoms with Gasteiger partial charge in [-0.2, -0.15) is 13.2 Å². The molecule has 0 aliphatic rings. The standard InChI is InChI=1S/C9H5F3N4S/c10-9(11,12)5-2-1-4-6(7(13)17)14-3-15-8(4)16-5/h1-3H,(H2,13,17). The van der Waals surface area contributed by atoms with Gasteiger partial charge in [-0.05, 0) is 12.1 Å². The molecule has 0 unspecified atom stereocenters. The molecule has 2 heterocycles. The number of nitrogens with zero attached hydrogens (tertiary/aromatic N) is 3. The molecule has 0 aliphatic heterocycles. The van der Waals surface area contributed by atoms with Crippen molar-refractivity contribution in [3.8, 4) is 0 Å². The number of thiocarbonyl (C=S) groups is 1. The van der Waals surface area contributed by atoms with E-state index in [0.717, 1.165) is 12.4 Å². The van der Waals surface area contributed by atoms with Crippen molar-refractivity contribution in [3.63, 3.8) is 0 Å². The second-order valence-corrected chi connectivity index (χ2v) is 3.59. The van der Waals surface area contributed by atoms with E-state index in [9.17, 15) is 13.2 Å². The summed E-state index contributed by atoms with van der Waals surface area (Å²) in [5.74, 6) is 0. The maximum absolute atomic E-state index is 12.4. The van der Waals surface area contributed by atoms with E-state index in [-0.39, 0.29) is 16.3 Å². The minimum absolute atomic E-state index is 0.0149. The number of alkyl halides is 3. The molecule has 0 bridgehead atoms. The van der Waals surface area contributed by atoms with Crippen molar-refractivity contribution >= 4 is 28.2 Å². The summed E-state index contributed by atoms with van der Waals surface area (Å²) in [7, 11) is 0. The summed E-state index contributed by atoms with van der Waals surface area (Å²) < 4.78 is 37.3. The Balaban J connectivity index is 2.69. The van der Waals surface area contributed by atoms with Gasteiger partial charge in [0.05, 0.1) is 0 Å². The molecule has 0 atom stereocenters. The molecule has 0 aromatic carbocycles. The van der Waals surface area contributed by atoms with E-state index in [4.69, 9.17) is 18.0 Å². The Kier molecular flexibility index (Phi) is 2.66. The van der Waals surface area contributed by atoms with Crippen LogP contribution in [0, 0.1) is 0 Å². The molecule has 88 valence electrons. The van der Waals surface area contributed by atoms with Crippen molar-refractivity contribution in [3.05, 3.63) is 29.8 Å². The van der Waals surface area contributed by atoms with E-state index in [1.54, 1.807) is 0 Å².